The summed E-state index contributed by atoms with van der Waals surface area (Å²) in [6.45, 7) is 3.54. The van der Waals surface area contributed by atoms with E-state index < -0.39 is 29.9 Å². The monoisotopic (exact) mass is 435 g/mol. The van der Waals surface area contributed by atoms with Gasteiger partial charge in [0.15, 0.2) is 0 Å². The standard InChI is InChI=1S/C24H25F4NO2/c1-14-3-5-16(6-4-14)20-12-19(15(2)11-22(20)25)21(13-30)23(31)29-18-9-7-17(8-10-18)24(26,27)28/h3-6,11-13,17-18,30H,7-10H2,1-2H3,(H,29,31)/b21-13+. The lowest BCUT2D eigenvalue weighted by atomic mass is 9.85. The average molecular weight is 435 g/mol. The van der Waals surface area contributed by atoms with Crippen molar-refractivity contribution >= 4 is 11.5 Å². The molecule has 1 fully saturated rings. The van der Waals surface area contributed by atoms with Crippen molar-refractivity contribution in [2.75, 3.05) is 0 Å². The van der Waals surface area contributed by atoms with Gasteiger partial charge in [-0.3, -0.25) is 4.79 Å². The lowest BCUT2D eigenvalue weighted by Crippen LogP contribution is -2.40. The number of carbonyl (C=O) groups is 1. The highest BCUT2D eigenvalue weighted by molar-refractivity contribution is 6.19. The molecular weight excluding hydrogens is 410 g/mol. The Kier molecular flexibility index (Phi) is 6.72. The molecule has 7 heteroatoms. The Labute approximate surface area is 178 Å². The van der Waals surface area contributed by atoms with E-state index in [9.17, 15) is 27.5 Å². The van der Waals surface area contributed by atoms with Crippen LogP contribution in [0.3, 0.4) is 0 Å². The molecule has 2 N–H and O–H groups in total. The van der Waals surface area contributed by atoms with Gasteiger partial charge in [-0.25, -0.2) is 4.39 Å². The van der Waals surface area contributed by atoms with Crippen LogP contribution in [0.1, 0.15) is 42.4 Å². The zero-order chi connectivity index (χ0) is 22.8. The second kappa shape index (κ2) is 9.12. The molecule has 2 aromatic rings. The van der Waals surface area contributed by atoms with Crippen LogP contribution in [0.4, 0.5) is 17.6 Å². The van der Waals surface area contributed by atoms with Crippen LogP contribution in [0, 0.1) is 25.6 Å². The third-order valence-corrected chi connectivity index (χ3v) is 5.87. The number of alkyl halides is 3. The van der Waals surface area contributed by atoms with Crippen LogP contribution in [0.15, 0.2) is 42.7 Å². The van der Waals surface area contributed by atoms with Crippen LogP contribution in [0.25, 0.3) is 16.7 Å². The minimum absolute atomic E-state index is 0.0419. The normalized spacial score (nSPS) is 19.9. The van der Waals surface area contributed by atoms with Gasteiger partial charge in [0.1, 0.15) is 5.82 Å². The Morgan fingerprint density at radius 2 is 1.68 bits per heavy atom. The summed E-state index contributed by atoms with van der Waals surface area (Å²) in [6, 6.07) is 9.65. The van der Waals surface area contributed by atoms with Gasteiger partial charge in [-0.15, -0.1) is 0 Å². The zero-order valence-electron chi connectivity index (χ0n) is 17.4. The molecule has 0 heterocycles. The predicted octanol–water partition coefficient (Wildman–Crippen LogP) is 6.25. The maximum absolute atomic E-state index is 14.6. The van der Waals surface area contributed by atoms with E-state index >= 15 is 0 Å². The highest BCUT2D eigenvalue weighted by Gasteiger charge is 2.41. The number of amides is 1. The molecule has 1 saturated carbocycles. The number of aryl methyl sites for hydroxylation is 2. The van der Waals surface area contributed by atoms with E-state index in [0.29, 0.717) is 28.5 Å². The molecule has 0 atom stereocenters. The quantitative estimate of drug-likeness (QED) is 0.339. The molecule has 1 amide bonds. The summed E-state index contributed by atoms with van der Waals surface area (Å²) in [5, 5.41) is 12.5. The molecule has 1 aliphatic carbocycles. The van der Waals surface area contributed by atoms with Crippen molar-refractivity contribution < 1.29 is 27.5 Å². The molecule has 0 spiro atoms. The van der Waals surface area contributed by atoms with E-state index in [1.807, 2.05) is 19.1 Å². The first kappa shape index (κ1) is 22.8. The fourth-order valence-electron chi connectivity index (χ4n) is 4.00. The van der Waals surface area contributed by atoms with Crippen LogP contribution in [0.5, 0.6) is 0 Å². The van der Waals surface area contributed by atoms with Crippen LogP contribution in [-0.2, 0) is 4.79 Å². The van der Waals surface area contributed by atoms with E-state index in [4.69, 9.17) is 0 Å². The average Bonchev–Trinajstić information content (AvgIpc) is 2.70. The Hall–Kier alpha value is -2.83. The SMILES string of the molecule is Cc1ccc(-c2cc(/C(=C\O)C(=O)NC3CCC(C(F)(F)F)CC3)c(C)cc2F)cc1. The molecule has 3 nitrogen and oxygen atoms in total. The molecule has 31 heavy (non-hydrogen) atoms. The smallest absolute Gasteiger partial charge is 0.391 e. The third kappa shape index (κ3) is 5.27. The molecule has 2 aromatic carbocycles. The summed E-state index contributed by atoms with van der Waals surface area (Å²) in [5.74, 6) is -2.39. The van der Waals surface area contributed by atoms with E-state index in [1.54, 1.807) is 19.1 Å². The largest absolute Gasteiger partial charge is 0.515 e. The van der Waals surface area contributed by atoms with E-state index in [2.05, 4.69) is 5.32 Å². The van der Waals surface area contributed by atoms with Gasteiger partial charge < -0.3 is 10.4 Å². The summed E-state index contributed by atoms with van der Waals surface area (Å²) in [6.07, 6.45) is -3.21. The van der Waals surface area contributed by atoms with Crippen molar-refractivity contribution in [3.63, 3.8) is 0 Å². The Morgan fingerprint density at radius 1 is 1.06 bits per heavy atom. The van der Waals surface area contributed by atoms with Gasteiger partial charge in [-0.05, 0) is 68.4 Å². The zero-order valence-corrected chi connectivity index (χ0v) is 17.4. The predicted molar refractivity (Wildman–Crippen MR) is 112 cm³/mol. The summed E-state index contributed by atoms with van der Waals surface area (Å²) in [5.41, 5.74) is 2.72. The first-order chi connectivity index (χ1) is 14.6. The molecule has 0 unspecified atom stereocenters. The van der Waals surface area contributed by atoms with Gasteiger partial charge in [0.2, 0.25) is 0 Å². The number of hydrogen-bond donors (Lipinski definition) is 2. The highest BCUT2D eigenvalue weighted by Crippen LogP contribution is 2.37. The minimum atomic E-state index is -4.22. The Bertz CT molecular complexity index is 972. The second-order valence-corrected chi connectivity index (χ2v) is 8.12. The van der Waals surface area contributed by atoms with Gasteiger partial charge in [0.25, 0.3) is 5.91 Å². The number of nitrogens with one attached hydrogen (secondary N) is 1. The Balaban J connectivity index is 1.80. The van der Waals surface area contributed by atoms with Crippen molar-refractivity contribution in [1.29, 1.82) is 0 Å². The highest BCUT2D eigenvalue weighted by atomic mass is 19.4. The minimum Gasteiger partial charge on any atom is -0.515 e. The van der Waals surface area contributed by atoms with Gasteiger partial charge in [0, 0.05) is 11.6 Å². The van der Waals surface area contributed by atoms with Gasteiger partial charge in [-0.1, -0.05) is 29.8 Å². The van der Waals surface area contributed by atoms with Crippen LogP contribution in [0.2, 0.25) is 0 Å². The number of halogens is 4. The van der Waals surface area contributed by atoms with E-state index in [1.165, 1.54) is 12.1 Å². The van der Waals surface area contributed by atoms with E-state index in [0.717, 1.165) is 5.56 Å². The molecule has 0 aliphatic heterocycles. The molecule has 0 aromatic heterocycles. The van der Waals surface area contributed by atoms with E-state index in [-0.39, 0.29) is 31.3 Å². The molecular formula is C24H25F4NO2. The fraction of sp³-hybridized carbons (Fsp3) is 0.375. The number of aliphatic hydroxyl groups is 1. The van der Waals surface area contributed by atoms with Gasteiger partial charge in [0.05, 0.1) is 17.8 Å². The Morgan fingerprint density at radius 3 is 2.23 bits per heavy atom. The molecule has 0 radical (unpaired) electrons. The summed E-state index contributed by atoms with van der Waals surface area (Å²) < 4.78 is 53.2. The van der Waals surface area contributed by atoms with Crippen molar-refractivity contribution in [3.05, 3.63) is 65.2 Å². The van der Waals surface area contributed by atoms with Crippen LogP contribution in [-0.4, -0.2) is 23.2 Å². The first-order valence-corrected chi connectivity index (χ1v) is 10.2. The third-order valence-electron chi connectivity index (χ3n) is 5.87. The number of rotatable bonds is 4. The van der Waals surface area contributed by atoms with Crippen molar-refractivity contribution in [2.45, 2.75) is 51.7 Å². The molecule has 3 rings (SSSR count). The molecule has 0 saturated heterocycles. The molecule has 166 valence electrons. The second-order valence-electron chi connectivity index (χ2n) is 8.12. The van der Waals surface area contributed by atoms with Crippen LogP contribution >= 0.6 is 0 Å². The van der Waals surface area contributed by atoms with Crippen molar-refractivity contribution in [1.82, 2.24) is 5.32 Å². The lowest BCUT2D eigenvalue weighted by molar-refractivity contribution is -0.182. The molecule has 1 aliphatic rings. The van der Waals surface area contributed by atoms with Gasteiger partial charge >= 0.3 is 6.18 Å². The summed E-state index contributed by atoms with van der Waals surface area (Å²) in [7, 11) is 0. The number of hydrogen-bond acceptors (Lipinski definition) is 2. The van der Waals surface area contributed by atoms with Crippen molar-refractivity contribution in [2.24, 2.45) is 5.92 Å². The maximum atomic E-state index is 14.6. The number of benzene rings is 2. The molecule has 0 bridgehead atoms. The van der Waals surface area contributed by atoms with Gasteiger partial charge in [-0.2, -0.15) is 13.2 Å². The number of carbonyl (C=O) groups excluding carboxylic acids is 1. The first-order valence-electron chi connectivity index (χ1n) is 10.2. The number of aliphatic hydroxyl groups excluding tert-OH is 1. The van der Waals surface area contributed by atoms with Crippen molar-refractivity contribution in [3.8, 4) is 11.1 Å². The van der Waals surface area contributed by atoms with Crippen LogP contribution < -0.4 is 5.32 Å². The fourth-order valence-corrected chi connectivity index (χ4v) is 4.00. The maximum Gasteiger partial charge on any atom is 0.391 e. The summed E-state index contributed by atoms with van der Waals surface area (Å²) >= 11 is 0. The lowest BCUT2D eigenvalue weighted by Gasteiger charge is -2.30. The summed E-state index contributed by atoms with van der Waals surface area (Å²) in [4.78, 5) is 12.8. The topological polar surface area (TPSA) is 49.3 Å².